The first kappa shape index (κ1) is 21.7. The van der Waals surface area contributed by atoms with Crippen molar-refractivity contribution >= 4 is 28.3 Å². The summed E-state index contributed by atoms with van der Waals surface area (Å²) in [6, 6.07) is 4.88. The first-order valence-corrected chi connectivity index (χ1v) is 9.22. The fourth-order valence-corrected chi connectivity index (χ4v) is 3.24. The number of hydrogen-bond donors (Lipinski definition) is 2. The van der Waals surface area contributed by atoms with E-state index in [1.807, 2.05) is 13.8 Å². The van der Waals surface area contributed by atoms with Crippen LogP contribution in [0.1, 0.15) is 31.2 Å². The quantitative estimate of drug-likeness (QED) is 0.722. The van der Waals surface area contributed by atoms with Crippen LogP contribution in [0.5, 0.6) is 5.75 Å². The third-order valence-electron chi connectivity index (χ3n) is 3.63. The summed E-state index contributed by atoms with van der Waals surface area (Å²) in [4.78, 5) is 28.6. The molecule has 0 aliphatic rings. The van der Waals surface area contributed by atoms with Gasteiger partial charge in [0.25, 0.3) is 0 Å². The lowest BCUT2D eigenvalue weighted by molar-refractivity contribution is -0.274. The minimum Gasteiger partial charge on any atom is -0.406 e. The highest BCUT2D eigenvalue weighted by atomic mass is 32.1. The maximum absolute atomic E-state index is 12.3. The summed E-state index contributed by atoms with van der Waals surface area (Å²) >= 11 is 1.25. The van der Waals surface area contributed by atoms with E-state index in [-0.39, 0.29) is 23.5 Å². The molecule has 0 fully saturated rings. The molecule has 0 radical (unpaired) electrons. The normalized spacial score (nSPS) is 12.5. The molecule has 0 saturated carbocycles. The zero-order valence-corrected chi connectivity index (χ0v) is 16.3. The lowest BCUT2D eigenvalue weighted by atomic mass is 10.0. The van der Waals surface area contributed by atoms with E-state index < -0.39 is 12.4 Å². The van der Waals surface area contributed by atoms with Crippen LogP contribution in [-0.4, -0.2) is 29.2 Å². The van der Waals surface area contributed by atoms with Gasteiger partial charge in [0.15, 0.2) is 5.13 Å². The smallest absolute Gasteiger partial charge is 0.406 e. The molecule has 0 spiro atoms. The fourth-order valence-electron chi connectivity index (χ4n) is 2.39. The van der Waals surface area contributed by atoms with Crippen molar-refractivity contribution < 1.29 is 27.5 Å². The van der Waals surface area contributed by atoms with E-state index in [9.17, 15) is 22.8 Å². The van der Waals surface area contributed by atoms with Crippen LogP contribution in [-0.2, 0) is 16.0 Å². The predicted octanol–water partition coefficient (Wildman–Crippen LogP) is 3.73. The highest BCUT2D eigenvalue weighted by Crippen LogP contribution is 2.25. The van der Waals surface area contributed by atoms with Gasteiger partial charge in [0.05, 0.1) is 0 Å². The number of amides is 2. The Bertz CT molecular complexity index is 819. The number of halogens is 3. The Hall–Kier alpha value is -2.62. The van der Waals surface area contributed by atoms with Crippen molar-refractivity contribution in [3.8, 4) is 5.75 Å². The largest absolute Gasteiger partial charge is 0.573 e. The van der Waals surface area contributed by atoms with Crippen LogP contribution in [0.15, 0.2) is 30.5 Å². The molecule has 1 aromatic carbocycles. The summed E-state index contributed by atoms with van der Waals surface area (Å²) in [5.74, 6) is -1.04. The summed E-state index contributed by atoms with van der Waals surface area (Å²) in [7, 11) is 0. The van der Waals surface area contributed by atoms with Gasteiger partial charge in [-0.2, -0.15) is 0 Å². The Kier molecular flexibility index (Phi) is 7.00. The lowest BCUT2D eigenvalue weighted by Gasteiger charge is -2.20. The first-order chi connectivity index (χ1) is 13.0. The third-order valence-corrected chi connectivity index (χ3v) is 4.54. The Morgan fingerprint density at radius 1 is 1.21 bits per heavy atom. The molecule has 2 amide bonds. The molecule has 2 rings (SSSR count). The van der Waals surface area contributed by atoms with Gasteiger partial charge < -0.3 is 15.4 Å². The Morgan fingerprint density at radius 2 is 1.86 bits per heavy atom. The predicted molar refractivity (Wildman–Crippen MR) is 99.1 cm³/mol. The average molecular weight is 415 g/mol. The Labute approximate surface area is 164 Å². The van der Waals surface area contributed by atoms with E-state index >= 15 is 0 Å². The number of ether oxygens (including phenoxy) is 1. The Morgan fingerprint density at radius 3 is 2.39 bits per heavy atom. The second-order valence-corrected chi connectivity index (χ2v) is 7.53. The van der Waals surface area contributed by atoms with E-state index in [1.54, 1.807) is 6.20 Å². The van der Waals surface area contributed by atoms with Gasteiger partial charge in [-0.3, -0.25) is 9.59 Å². The van der Waals surface area contributed by atoms with Gasteiger partial charge in [-0.15, -0.1) is 24.5 Å². The van der Waals surface area contributed by atoms with Crippen molar-refractivity contribution in [3.05, 3.63) is 40.9 Å². The molecular weight excluding hydrogens is 395 g/mol. The molecule has 1 unspecified atom stereocenters. The van der Waals surface area contributed by atoms with Crippen molar-refractivity contribution in [2.24, 2.45) is 5.92 Å². The monoisotopic (exact) mass is 415 g/mol. The summed E-state index contributed by atoms with van der Waals surface area (Å²) in [5.41, 5.74) is 0.773. The molecule has 0 saturated heterocycles. The van der Waals surface area contributed by atoms with Gasteiger partial charge in [-0.1, -0.05) is 26.0 Å². The zero-order chi connectivity index (χ0) is 20.9. The van der Waals surface area contributed by atoms with Crippen molar-refractivity contribution in [3.63, 3.8) is 0 Å². The lowest BCUT2D eigenvalue weighted by Crippen LogP contribution is -2.46. The molecule has 10 heteroatoms. The molecule has 0 aliphatic heterocycles. The molecular formula is C18H20F3N3O3S. The van der Waals surface area contributed by atoms with Crippen molar-refractivity contribution in [1.82, 2.24) is 10.3 Å². The van der Waals surface area contributed by atoms with Gasteiger partial charge in [-0.05, 0) is 23.6 Å². The van der Waals surface area contributed by atoms with Gasteiger partial charge in [0.2, 0.25) is 11.8 Å². The van der Waals surface area contributed by atoms with E-state index in [4.69, 9.17) is 0 Å². The number of hydrogen-bond acceptors (Lipinski definition) is 5. The topological polar surface area (TPSA) is 80.3 Å². The maximum atomic E-state index is 12.3. The summed E-state index contributed by atoms with van der Waals surface area (Å²) in [6.45, 7) is 4.98. The van der Waals surface area contributed by atoms with Gasteiger partial charge in [-0.25, -0.2) is 4.98 Å². The van der Waals surface area contributed by atoms with E-state index in [1.165, 1.54) is 42.5 Å². The molecule has 1 atom stereocenters. The molecule has 1 heterocycles. The Balaban J connectivity index is 1.98. The molecule has 1 aromatic heterocycles. The van der Waals surface area contributed by atoms with Crippen LogP contribution in [0.4, 0.5) is 18.3 Å². The SMILES string of the molecule is CC(=O)NC(C(=O)Nc1ncc(Cc2ccc(OC(F)(F)F)cc2)s1)C(C)C. The second kappa shape index (κ2) is 9.05. The molecule has 6 nitrogen and oxygen atoms in total. The average Bonchev–Trinajstić information content (AvgIpc) is 2.99. The molecule has 0 bridgehead atoms. The number of benzene rings is 1. The number of rotatable bonds is 7. The number of thiazole rings is 1. The summed E-state index contributed by atoms with van der Waals surface area (Å²) in [6.07, 6.45) is -2.69. The zero-order valence-electron chi connectivity index (χ0n) is 15.5. The number of aromatic nitrogens is 1. The minimum absolute atomic E-state index is 0.0965. The molecule has 2 N–H and O–H groups in total. The number of alkyl halides is 3. The van der Waals surface area contributed by atoms with E-state index in [0.717, 1.165) is 10.4 Å². The van der Waals surface area contributed by atoms with Crippen LogP contribution < -0.4 is 15.4 Å². The highest BCUT2D eigenvalue weighted by molar-refractivity contribution is 7.15. The number of nitrogens with one attached hydrogen (secondary N) is 2. The van der Waals surface area contributed by atoms with Crippen LogP contribution >= 0.6 is 11.3 Å². The molecule has 2 aromatic rings. The molecule has 28 heavy (non-hydrogen) atoms. The number of anilines is 1. The third kappa shape index (κ3) is 6.84. The minimum atomic E-state index is -4.72. The number of carbonyl (C=O) groups is 2. The van der Waals surface area contributed by atoms with E-state index in [0.29, 0.717) is 11.6 Å². The van der Waals surface area contributed by atoms with Gasteiger partial charge in [0.1, 0.15) is 11.8 Å². The molecule has 152 valence electrons. The van der Waals surface area contributed by atoms with Crippen LogP contribution in [0.2, 0.25) is 0 Å². The van der Waals surface area contributed by atoms with Crippen molar-refractivity contribution in [1.29, 1.82) is 0 Å². The van der Waals surface area contributed by atoms with Crippen LogP contribution in [0.25, 0.3) is 0 Å². The maximum Gasteiger partial charge on any atom is 0.573 e. The highest BCUT2D eigenvalue weighted by Gasteiger charge is 2.31. The first-order valence-electron chi connectivity index (χ1n) is 8.41. The number of carbonyl (C=O) groups excluding carboxylic acids is 2. The van der Waals surface area contributed by atoms with Gasteiger partial charge in [0, 0.05) is 24.4 Å². The van der Waals surface area contributed by atoms with Gasteiger partial charge >= 0.3 is 6.36 Å². The summed E-state index contributed by atoms with van der Waals surface area (Å²) < 4.78 is 40.4. The summed E-state index contributed by atoms with van der Waals surface area (Å²) in [5, 5.41) is 5.66. The fraction of sp³-hybridized carbons (Fsp3) is 0.389. The van der Waals surface area contributed by atoms with Crippen LogP contribution in [0, 0.1) is 5.92 Å². The standard InChI is InChI=1S/C18H20F3N3O3S/c1-10(2)15(23-11(3)25)16(26)24-17-22-9-14(28-17)8-12-4-6-13(7-5-12)27-18(19,20)21/h4-7,9-10,15H,8H2,1-3H3,(H,23,25)(H,22,24,26). The molecule has 0 aliphatic carbocycles. The second-order valence-electron chi connectivity index (χ2n) is 6.41. The number of nitrogens with zero attached hydrogens (tertiary/aromatic N) is 1. The van der Waals surface area contributed by atoms with Crippen molar-refractivity contribution in [2.75, 3.05) is 5.32 Å². The van der Waals surface area contributed by atoms with Crippen LogP contribution in [0.3, 0.4) is 0 Å². The van der Waals surface area contributed by atoms with Crippen molar-refractivity contribution in [2.45, 2.75) is 39.6 Å². The van der Waals surface area contributed by atoms with E-state index in [2.05, 4.69) is 20.4 Å².